The van der Waals surface area contributed by atoms with Crippen molar-refractivity contribution in [2.75, 3.05) is 0 Å². The lowest BCUT2D eigenvalue weighted by atomic mass is 9.88. The van der Waals surface area contributed by atoms with E-state index in [0.717, 1.165) is 24.2 Å². The smallest absolute Gasteiger partial charge is 0.139 e. The Morgan fingerprint density at radius 2 is 1.81 bits per heavy atom. The topological polar surface area (TPSA) is 38.3 Å². The standard InChI is InChI=1S/C18H27NO2/c1-12(2)18(20)9-14-5-7-16(8-6-14)21-17-10-15(11-17)19-13(3)4/h5-8,12-13,15,17,19H,9-11H2,1-4H3/t15-,17+. The zero-order valence-corrected chi connectivity index (χ0v) is 13.6. The van der Waals surface area contributed by atoms with E-state index < -0.39 is 0 Å². The number of ketones is 1. The molecule has 3 heteroatoms. The molecule has 1 N–H and O–H groups in total. The molecule has 0 amide bonds. The molecular weight excluding hydrogens is 262 g/mol. The van der Waals surface area contributed by atoms with Gasteiger partial charge >= 0.3 is 0 Å². The maximum absolute atomic E-state index is 11.7. The van der Waals surface area contributed by atoms with Crippen molar-refractivity contribution < 1.29 is 9.53 Å². The summed E-state index contributed by atoms with van der Waals surface area (Å²) >= 11 is 0. The van der Waals surface area contributed by atoms with Crippen molar-refractivity contribution in [2.45, 2.75) is 65.1 Å². The summed E-state index contributed by atoms with van der Waals surface area (Å²) in [7, 11) is 0. The van der Waals surface area contributed by atoms with Crippen LogP contribution in [0.25, 0.3) is 0 Å². The minimum Gasteiger partial charge on any atom is -0.490 e. The maximum atomic E-state index is 11.7. The molecule has 3 nitrogen and oxygen atoms in total. The van der Waals surface area contributed by atoms with E-state index in [1.165, 1.54) is 0 Å². The van der Waals surface area contributed by atoms with Gasteiger partial charge in [-0.3, -0.25) is 4.79 Å². The largest absolute Gasteiger partial charge is 0.490 e. The van der Waals surface area contributed by atoms with Gasteiger partial charge in [0.05, 0.1) is 0 Å². The first-order chi connectivity index (χ1) is 9.94. The quantitative estimate of drug-likeness (QED) is 0.836. The van der Waals surface area contributed by atoms with Crippen LogP contribution in [0.15, 0.2) is 24.3 Å². The molecule has 1 saturated carbocycles. The third-order valence-corrected chi connectivity index (χ3v) is 3.91. The van der Waals surface area contributed by atoms with E-state index in [2.05, 4.69) is 19.2 Å². The SMILES string of the molecule is CC(C)N[C@H]1C[C@@H](Oc2ccc(CC(=O)C(C)C)cc2)C1. The molecule has 0 spiro atoms. The first-order valence-corrected chi connectivity index (χ1v) is 7.98. The summed E-state index contributed by atoms with van der Waals surface area (Å²) in [5.41, 5.74) is 1.06. The molecule has 0 atom stereocenters. The summed E-state index contributed by atoms with van der Waals surface area (Å²) in [5, 5.41) is 3.52. The molecule has 1 aliphatic rings. The molecule has 1 aromatic carbocycles. The summed E-state index contributed by atoms with van der Waals surface area (Å²) < 4.78 is 5.94. The van der Waals surface area contributed by atoms with Crippen LogP contribution in [0.2, 0.25) is 0 Å². The molecule has 0 unspecified atom stereocenters. The van der Waals surface area contributed by atoms with Crippen molar-refractivity contribution in [2.24, 2.45) is 5.92 Å². The van der Waals surface area contributed by atoms with Crippen molar-refractivity contribution in [3.05, 3.63) is 29.8 Å². The van der Waals surface area contributed by atoms with Crippen molar-refractivity contribution in [1.29, 1.82) is 0 Å². The first kappa shape index (κ1) is 16.0. The molecular formula is C18H27NO2. The number of carbonyl (C=O) groups excluding carboxylic acids is 1. The van der Waals surface area contributed by atoms with E-state index in [0.29, 0.717) is 24.6 Å². The number of benzene rings is 1. The lowest BCUT2D eigenvalue weighted by Gasteiger charge is -2.37. The van der Waals surface area contributed by atoms with Gasteiger partial charge in [0.2, 0.25) is 0 Å². The average Bonchev–Trinajstić information content (AvgIpc) is 2.37. The van der Waals surface area contributed by atoms with Crippen LogP contribution in [-0.4, -0.2) is 24.0 Å². The maximum Gasteiger partial charge on any atom is 0.139 e. The van der Waals surface area contributed by atoms with Gasteiger partial charge < -0.3 is 10.1 Å². The number of nitrogens with one attached hydrogen (secondary N) is 1. The highest BCUT2D eigenvalue weighted by Gasteiger charge is 2.30. The van der Waals surface area contributed by atoms with Crippen molar-refractivity contribution in [3.8, 4) is 5.75 Å². The minimum atomic E-state index is 0.0984. The second kappa shape index (κ2) is 7.08. The van der Waals surface area contributed by atoms with Gasteiger partial charge in [0.15, 0.2) is 0 Å². The summed E-state index contributed by atoms with van der Waals surface area (Å²) in [4.78, 5) is 11.7. The summed E-state index contributed by atoms with van der Waals surface area (Å²) in [6.07, 6.45) is 2.99. The minimum absolute atomic E-state index is 0.0984. The summed E-state index contributed by atoms with van der Waals surface area (Å²) in [5.74, 6) is 1.29. The lowest BCUT2D eigenvalue weighted by Crippen LogP contribution is -2.49. The fourth-order valence-electron chi connectivity index (χ4n) is 2.55. The number of hydrogen-bond donors (Lipinski definition) is 1. The Morgan fingerprint density at radius 3 is 2.33 bits per heavy atom. The second-order valence-corrected chi connectivity index (χ2v) is 6.67. The lowest BCUT2D eigenvalue weighted by molar-refractivity contribution is -0.121. The van der Waals surface area contributed by atoms with Crippen molar-refractivity contribution in [3.63, 3.8) is 0 Å². The van der Waals surface area contributed by atoms with Crippen LogP contribution in [0.3, 0.4) is 0 Å². The number of ether oxygens (including phenoxy) is 1. The highest BCUT2D eigenvalue weighted by molar-refractivity contribution is 5.82. The van der Waals surface area contributed by atoms with Gasteiger partial charge in [-0.2, -0.15) is 0 Å². The average molecular weight is 289 g/mol. The molecule has 0 bridgehead atoms. The van der Waals surface area contributed by atoms with Crippen LogP contribution in [0, 0.1) is 5.92 Å². The van der Waals surface area contributed by atoms with Crippen LogP contribution in [0.5, 0.6) is 5.75 Å². The Hall–Kier alpha value is -1.35. The van der Waals surface area contributed by atoms with Gasteiger partial charge in [-0.05, 0) is 30.5 Å². The Morgan fingerprint density at radius 1 is 1.19 bits per heavy atom. The van der Waals surface area contributed by atoms with E-state index in [-0.39, 0.29) is 11.7 Å². The number of hydrogen-bond acceptors (Lipinski definition) is 3. The van der Waals surface area contributed by atoms with E-state index in [9.17, 15) is 4.79 Å². The van der Waals surface area contributed by atoms with Gasteiger partial charge in [0.1, 0.15) is 17.6 Å². The fourth-order valence-corrected chi connectivity index (χ4v) is 2.55. The van der Waals surface area contributed by atoms with Gasteiger partial charge in [0.25, 0.3) is 0 Å². The zero-order chi connectivity index (χ0) is 15.4. The van der Waals surface area contributed by atoms with E-state index in [4.69, 9.17) is 4.74 Å². The van der Waals surface area contributed by atoms with Crippen LogP contribution in [0.1, 0.15) is 46.1 Å². The predicted octanol–water partition coefficient (Wildman–Crippen LogP) is 3.36. The molecule has 2 rings (SSSR count). The predicted molar refractivity (Wildman–Crippen MR) is 85.7 cm³/mol. The number of carbonyl (C=O) groups is 1. The monoisotopic (exact) mass is 289 g/mol. The molecule has 0 aliphatic heterocycles. The molecule has 1 aromatic rings. The van der Waals surface area contributed by atoms with E-state index >= 15 is 0 Å². The first-order valence-electron chi connectivity index (χ1n) is 7.98. The molecule has 21 heavy (non-hydrogen) atoms. The molecule has 0 heterocycles. The van der Waals surface area contributed by atoms with Crippen molar-refractivity contribution >= 4 is 5.78 Å². The van der Waals surface area contributed by atoms with E-state index in [1.54, 1.807) is 0 Å². The molecule has 116 valence electrons. The normalized spacial score (nSPS) is 21.4. The highest BCUT2D eigenvalue weighted by Crippen LogP contribution is 2.26. The van der Waals surface area contributed by atoms with Crippen LogP contribution in [-0.2, 0) is 11.2 Å². The zero-order valence-electron chi connectivity index (χ0n) is 13.6. The Bertz CT molecular complexity index is 459. The summed E-state index contributed by atoms with van der Waals surface area (Å²) in [6, 6.07) is 9.08. The third kappa shape index (κ3) is 4.85. The van der Waals surface area contributed by atoms with Crippen LogP contribution >= 0.6 is 0 Å². The Balaban J connectivity index is 1.77. The van der Waals surface area contributed by atoms with E-state index in [1.807, 2.05) is 38.1 Å². The van der Waals surface area contributed by atoms with Crippen LogP contribution < -0.4 is 10.1 Å². The van der Waals surface area contributed by atoms with Gasteiger partial charge in [-0.25, -0.2) is 0 Å². The Kier molecular flexibility index (Phi) is 5.40. The molecule has 0 radical (unpaired) electrons. The number of Topliss-reactive ketones (excluding diaryl/α,β-unsaturated/α-hetero) is 1. The summed E-state index contributed by atoms with van der Waals surface area (Å²) in [6.45, 7) is 8.23. The fraction of sp³-hybridized carbons (Fsp3) is 0.611. The molecule has 1 fully saturated rings. The Labute approximate surface area is 128 Å². The second-order valence-electron chi connectivity index (χ2n) is 6.67. The third-order valence-electron chi connectivity index (χ3n) is 3.91. The number of rotatable bonds is 7. The molecule has 1 aliphatic carbocycles. The van der Waals surface area contributed by atoms with Gasteiger partial charge in [-0.15, -0.1) is 0 Å². The molecule has 0 saturated heterocycles. The highest BCUT2D eigenvalue weighted by atomic mass is 16.5. The van der Waals surface area contributed by atoms with Crippen LogP contribution in [0.4, 0.5) is 0 Å². The van der Waals surface area contributed by atoms with Gasteiger partial charge in [-0.1, -0.05) is 39.8 Å². The molecule has 0 aromatic heterocycles. The van der Waals surface area contributed by atoms with Gasteiger partial charge in [0, 0.05) is 24.4 Å². The van der Waals surface area contributed by atoms with Crippen molar-refractivity contribution in [1.82, 2.24) is 5.32 Å².